The van der Waals surface area contributed by atoms with Gasteiger partial charge in [0.2, 0.25) is 0 Å². The Morgan fingerprint density at radius 3 is 2.55 bits per heavy atom. The minimum atomic E-state index is -1.04. The van der Waals surface area contributed by atoms with Crippen LogP contribution in [0, 0.1) is 5.41 Å². The van der Waals surface area contributed by atoms with Crippen LogP contribution in [0.3, 0.4) is 0 Å². The quantitative estimate of drug-likeness (QED) is 0.290. The van der Waals surface area contributed by atoms with Crippen molar-refractivity contribution >= 4 is 23.5 Å². The fourth-order valence-electron chi connectivity index (χ4n) is 4.24. The van der Waals surface area contributed by atoms with Crippen LogP contribution in [-0.2, 0) is 19.2 Å². The first kappa shape index (κ1) is 24.7. The van der Waals surface area contributed by atoms with Crippen molar-refractivity contribution in [3.8, 4) is 0 Å². The Bertz CT molecular complexity index is 877. The molecule has 1 atom stereocenters. The molecule has 180 valence electrons. The van der Waals surface area contributed by atoms with Gasteiger partial charge in [-0.1, -0.05) is 36.3 Å². The third-order valence-electron chi connectivity index (χ3n) is 6.02. The molecule has 0 aromatic heterocycles. The summed E-state index contributed by atoms with van der Waals surface area (Å²) in [6.07, 6.45) is 2.82. The third-order valence-corrected chi connectivity index (χ3v) is 6.02. The molecule has 0 bridgehead atoms. The number of likely N-dealkylation sites (tertiary alicyclic amines) is 1. The van der Waals surface area contributed by atoms with Gasteiger partial charge in [-0.3, -0.25) is 15.1 Å². The second-order valence-corrected chi connectivity index (χ2v) is 8.59. The van der Waals surface area contributed by atoms with E-state index in [1.165, 1.54) is 0 Å². The molecule has 1 saturated heterocycles. The number of aliphatic carboxylic acids is 2. The van der Waals surface area contributed by atoms with E-state index in [4.69, 9.17) is 25.2 Å². The highest BCUT2D eigenvalue weighted by molar-refractivity contribution is 6.02. The molecule has 0 amide bonds. The number of benzene rings is 1. The number of nitrogens with zero attached hydrogens (tertiary/aromatic N) is 2. The van der Waals surface area contributed by atoms with Crippen molar-refractivity contribution in [3.63, 3.8) is 0 Å². The minimum Gasteiger partial charge on any atom is -0.480 e. The lowest BCUT2D eigenvalue weighted by Crippen LogP contribution is -2.49. The van der Waals surface area contributed by atoms with E-state index in [1.807, 2.05) is 36.1 Å². The minimum absolute atomic E-state index is 0.0381. The standard InChI is InChI=1S/C23H32N4O6/c1-2-9-25-22(24)17-5-3-16(4-6-17)19-12-18(33-26-19)13-23(32-15-21(30)31)7-10-27(11-8-23)14-20(28)29/h3-6,18H,2,7-15H2,1H3,(H2,24,25)(H,28,29)(H,30,31). The van der Waals surface area contributed by atoms with Crippen LogP contribution in [0.25, 0.3) is 0 Å². The molecule has 1 unspecified atom stereocenters. The van der Waals surface area contributed by atoms with Gasteiger partial charge in [0.25, 0.3) is 0 Å². The molecular formula is C23H32N4O6. The van der Waals surface area contributed by atoms with Gasteiger partial charge in [-0.15, -0.1) is 0 Å². The molecule has 3 rings (SSSR count). The van der Waals surface area contributed by atoms with E-state index >= 15 is 0 Å². The van der Waals surface area contributed by atoms with Gasteiger partial charge < -0.3 is 25.1 Å². The van der Waals surface area contributed by atoms with Crippen LogP contribution in [0.1, 0.15) is 50.2 Å². The zero-order valence-electron chi connectivity index (χ0n) is 18.9. The van der Waals surface area contributed by atoms with E-state index in [9.17, 15) is 9.59 Å². The number of carbonyl (C=O) groups is 2. The number of hydrogen-bond acceptors (Lipinski definition) is 7. The van der Waals surface area contributed by atoms with E-state index in [2.05, 4.69) is 10.5 Å². The summed E-state index contributed by atoms with van der Waals surface area (Å²) in [5.41, 5.74) is 1.84. The van der Waals surface area contributed by atoms with Gasteiger partial charge in [0.05, 0.1) is 17.9 Å². The first-order chi connectivity index (χ1) is 15.8. The maximum Gasteiger partial charge on any atom is 0.329 e. The number of nitrogens with one attached hydrogen (secondary N) is 2. The largest absolute Gasteiger partial charge is 0.480 e. The maximum atomic E-state index is 11.1. The average Bonchev–Trinajstić information content (AvgIpc) is 3.25. The molecule has 4 N–H and O–H groups in total. The lowest BCUT2D eigenvalue weighted by molar-refractivity contribution is -0.159. The van der Waals surface area contributed by atoms with Gasteiger partial charge in [-0.25, -0.2) is 4.79 Å². The van der Waals surface area contributed by atoms with Crippen LogP contribution in [-0.4, -0.2) is 83.1 Å². The van der Waals surface area contributed by atoms with Crippen molar-refractivity contribution in [2.24, 2.45) is 5.16 Å². The fourth-order valence-corrected chi connectivity index (χ4v) is 4.24. The smallest absolute Gasteiger partial charge is 0.329 e. The molecule has 10 heteroatoms. The summed E-state index contributed by atoms with van der Waals surface area (Å²) in [5, 5.41) is 33.5. The number of piperidine rings is 1. The Balaban J connectivity index is 1.59. The highest BCUT2D eigenvalue weighted by atomic mass is 16.6. The summed E-state index contributed by atoms with van der Waals surface area (Å²) >= 11 is 0. The molecule has 2 aliphatic heterocycles. The van der Waals surface area contributed by atoms with Crippen LogP contribution in [0.2, 0.25) is 0 Å². The number of oxime groups is 1. The number of amidine groups is 1. The monoisotopic (exact) mass is 460 g/mol. The second kappa shape index (κ2) is 11.2. The van der Waals surface area contributed by atoms with Crippen LogP contribution < -0.4 is 5.32 Å². The third kappa shape index (κ3) is 7.00. The van der Waals surface area contributed by atoms with E-state index in [-0.39, 0.29) is 12.6 Å². The Morgan fingerprint density at radius 2 is 1.94 bits per heavy atom. The molecule has 0 saturated carbocycles. The average molecular weight is 461 g/mol. The molecule has 0 radical (unpaired) electrons. The number of carboxylic acids is 2. The summed E-state index contributed by atoms with van der Waals surface area (Å²) in [6.45, 7) is 3.40. The number of carboxylic acid groups (broad SMARTS) is 2. The van der Waals surface area contributed by atoms with Crippen molar-refractivity contribution in [2.75, 3.05) is 32.8 Å². The van der Waals surface area contributed by atoms with Gasteiger partial charge in [-0.05, 0) is 24.8 Å². The molecule has 2 heterocycles. The zero-order chi connectivity index (χ0) is 23.8. The number of rotatable bonds is 11. The second-order valence-electron chi connectivity index (χ2n) is 8.59. The SMILES string of the molecule is CCCNC(=N)c1ccc(C2=NOC(CC3(OCC(=O)O)CCN(CC(=O)O)CC3)C2)cc1. The molecule has 1 aromatic carbocycles. The number of hydrogen-bond donors (Lipinski definition) is 4. The van der Waals surface area contributed by atoms with Crippen molar-refractivity contribution in [2.45, 2.75) is 50.7 Å². The van der Waals surface area contributed by atoms with Gasteiger partial charge in [0.15, 0.2) is 0 Å². The van der Waals surface area contributed by atoms with Gasteiger partial charge in [-0.2, -0.15) is 0 Å². The van der Waals surface area contributed by atoms with Crippen molar-refractivity contribution in [1.82, 2.24) is 10.2 Å². The van der Waals surface area contributed by atoms with Crippen molar-refractivity contribution in [3.05, 3.63) is 35.4 Å². The van der Waals surface area contributed by atoms with Crippen LogP contribution in [0.4, 0.5) is 0 Å². The van der Waals surface area contributed by atoms with Gasteiger partial charge in [0.1, 0.15) is 18.5 Å². The number of ether oxygens (including phenoxy) is 1. The van der Waals surface area contributed by atoms with Gasteiger partial charge >= 0.3 is 11.9 Å². The Kier molecular flexibility index (Phi) is 8.40. The molecule has 33 heavy (non-hydrogen) atoms. The molecule has 1 fully saturated rings. The summed E-state index contributed by atoms with van der Waals surface area (Å²) in [5.74, 6) is -1.53. The zero-order valence-corrected chi connectivity index (χ0v) is 18.9. The van der Waals surface area contributed by atoms with E-state index < -0.39 is 24.1 Å². The maximum absolute atomic E-state index is 11.1. The van der Waals surface area contributed by atoms with Crippen molar-refractivity contribution in [1.29, 1.82) is 5.41 Å². The molecule has 0 spiro atoms. The molecule has 10 nitrogen and oxygen atoms in total. The Hall–Kier alpha value is -2.98. The first-order valence-electron chi connectivity index (χ1n) is 11.3. The summed E-state index contributed by atoms with van der Waals surface area (Å²) in [4.78, 5) is 29.6. The predicted octanol–water partition coefficient (Wildman–Crippen LogP) is 1.92. The van der Waals surface area contributed by atoms with Crippen LogP contribution in [0.5, 0.6) is 0 Å². The van der Waals surface area contributed by atoms with E-state index in [0.717, 1.165) is 29.8 Å². The molecule has 1 aromatic rings. The van der Waals surface area contributed by atoms with Gasteiger partial charge in [0, 0.05) is 38.0 Å². The highest BCUT2D eigenvalue weighted by Crippen LogP contribution is 2.34. The molecular weight excluding hydrogens is 428 g/mol. The highest BCUT2D eigenvalue weighted by Gasteiger charge is 2.40. The van der Waals surface area contributed by atoms with Crippen LogP contribution in [0.15, 0.2) is 29.4 Å². The van der Waals surface area contributed by atoms with E-state index in [1.54, 1.807) is 0 Å². The van der Waals surface area contributed by atoms with E-state index in [0.29, 0.717) is 44.6 Å². The Labute approximate surface area is 193 Å². The Morgan fingerprint density at radius 1 is 1.24 bits per heavy atom. The lowest BCUT2D eigenvalue weighted by atomic mass is 9.84. The molecule has 2 aliphatic rings. The van der Waals surface area contributed by atoms with Crippen molar-refractivity contribution < 1.29 is 29.4 Å². The topological polar surface area (TPSA) is 145 Å². The predicted molar refractivity (Wildman–Crippen MR) is 122 cm³/mol. The first-order valence-corrected chi connectivity index (χ1v) is 11.3. The summed E-state index contributed by atoms with van der Waals surface area (Å²) in [7, 11) is 0. The normalized spacial score (nSPS) is 20.0. The lowest BCUT2D eigenvalue weighted by Gasteiger charge is -2.41. The molecule has 0 aliphatic carbocycles. The summed E-state index contributed by atoms with van der Waals surface area (Å²) in [6, 6.07) is 7.60. The summed E-state index contributed by atoms with van der Waals surface area (Å²) < 4.78 is 5.83. The fraction of sp³-hybridized carbons (Fsp3) is 0.565. The van der Waals surface area contributed by atoms with Crippen LogP contribution >= 0.6 is 0 Å².